The number of carbonyl (C=O) groups excluding carboxylic acids is 1. The van der Waals surface area contributed by atoms with Crippen LogP contribution in [-0.4, -0.2) is 35.4 Å². The molecule has 1 aromatic rings. The van der Waals surface area contributed by atoms with Crippen molar-refractivity contribution < 1.29 is 4.79 Å². The van der Waals surface area contributed by atoms with E-state index in [9.17, 15) is 4.79 Å². The molecule has 20 heavy (non-hydrogen) atoms. The van der Waals surface area contributed by atoms with Crippen LogP contribution in [0.4, 0.5) is 5.82 Å². The van der Waals surface area contributed by atoms with Crippen molar-refractivity contribution >= 4 is 11.7 Å². The smallest absolute Gasteiger partial charge is 0.254 e. The molecule has 0 radical (unpaired) electrons. The summed E-state index contributed by atoms with van der Waals surface area (Å²) in [6, 6.07) is 3.78. The van der Waals surface area contributed by atoms with Crippen LogP contribution >= 0.6 is 0 Å². The number of nitrogens with one attached hydrogen (secondary N) is 1. The third-order valence-corrected chi connectivity index (χ3v) is 3.29. The van der Waals surface area contributed by atoms with Gasteiger partial charge in [-0.25, -0.2) is 4.98 Å². The molecular weight excluding hydrogens is 250 g/mol. The molecule has 1 rings (SSSR count). The maximum atomic E-state index is 12.5. The first-order chi connectivity index (χ1) is 9.53. The number of hydrogen-bond donors (Lipinski definition) is 1. The van der Waals surface area contributed by atoms with Crippen LogP contribution < -0.4 is 5.32 Å². The minimum absolute atomic E-state index is 0.0823. The second kappa shape index (κ2) is 7.88. The summed E-state index contributed by atoms with van der Waals surface area (Å²) in [5.41, 5.74) is 1.69. The predicted octanol–water partition coefficient (Wildman–Crippen LogP) is 3.51. The van der Waals surface area contributed by atoms with Crippen LogP contribution in [0.1, 0.15) is 63.0 Å². The lowest BCUT2D eigenvalue weighted by Gasteiger charge is -2.20. The SMILES string of the molecule is CCCNc1cc(C(=O)N(CC)CC)cc(C(C)C)n1. The normalized spacial score (nSPS) is 10.7. The summed E-state index contributed by atoms with van der Waals surface area (Å²) in [6.45, 7) is 12.6. The van der Waals surface area contributed by atoms with Gasteiger partial charge >= 0.3 is 0 Å². The summed E-state index contributed by atoms with van der Waals surface area (Å²) in [4.78, 5) is 18.9. The summed E-state index contributed by atoms with van der Waals surface area (Å²) in [7, 11) is 0. The second-order valence-corrected chi connectivity index (χ2v) is 5.22. The lowest BCUT2D eigenvalue weighted by molar-refractivity contribution is 0.0773. The third kappa shape index (κ3) is 4.22. The zero-order valence-corrected chi connectivity index (χ0v) is 13.4. The van der Waals surface area contributed by atoms with Gasteiger partial charge in [0.1, 0.15) is 5.82 Å². The van der Waals surface area contributed by atoms with E-state index in [4.69, 9.17) is 0 Å². The van der Waals surface area contributed by atoms with Crippen LogP contribution in [0.5, 0.6) is 0 Å². The maximum Gasteiger partial charge on any atom is 0.254 e. The van der Waals surface area contributed by atoms with Gasteiger partial charge in [-0.15, -0.1) is 0 Å². The second-order valence-electron chi connectivity index (χ2n) is 5.22. The third-order valence-electron chi connectivity index (χ3n) is 3.29. The summed E-state index contributed by atoms with van der Waals surface area (Å²) in [5.74, 6) is 1.19. The Bertz CT molecular complexity index is 439. The monoisotopic (exact) mass is 277 g/mol. The van der Waals surface area contributed by atoms with E-state index >= 15 is 0 Å². The van der Waals surface area contributed by atoms with Crippen molar-refractivity contribution in [3.05, 3.63) is 23.4 Å². The molecule has 0 bridgehead atoms. The lowest BCUT2D eigenvalue weighted by Crippen LogP contribution is -2.30. The molecule has 1 aromatic heterocycles. The predicted molar refractivity (Wildman–Crippen MR) is 84.4 cm³/mol. The van der Waals surface area contributed by atoms with E-state index in [1.54, 1.807) is 0 Å². The van der Waals surface area contributed by atoms with Gasteiger partial charge in [0.25, 0.3) is 5.91 Å². The average molecular weight is 277 g/mol. The Morgan fingerprint density at radius 1 is 1.25 bits per heavy atom. The van der Waals surface area contributed by atoms with Gasteiger partial charge < -0.3 is 10.2 Å². The number of aromatic nitrogens is 1. The van der Waals surface area contributed by atoms with Crippen molar-refractivity contribution in [2.24, 2.45) is 0 Å². The van der Waals surface area contributed by atoms with E-state index in [0.717, 1.165) is 43.1 Å². The molecule has 0 saturated heterocycles. The molecule has 0 aromatic carbocycles. The molecule has 0 aliphatic carbocycles. The number of nitrogens with zero attached hydrogens (tertiary/aromatic N) is 2. The zero-order valence-electron chi connectivity index (χ0n) is 13.4. The molecule has 4 nitrogen and oxygen atoms in total. The fraction of sp³-hybridized carbons (Fsp3) is 0.625. The molecule has 0 fully saturated rings. The van der Waals surface area contributed by atoms with Crippen molar-refractivity contribution in [2.45, 2.75) is 47.0 Å². The maximum absolute atomic E-state index is 12.5. The van der Waals surface area contributed by atoms with Crippen LogP contribution in [0.15, 0.2) is 12.1 Å². The molecule has 1 N–H and O–H groups in total. The Labute approximate surface area is 122 Å². The topological polar surface area (TPSA) is 45.2 Å². The number of amides is 1. The molecule has 0 spiro atoms. The molecule has 1 heterocycles. The molecule has 1 amide bonds. The molecule has 0 aliphatic heterocycles. The van der Waals surface area contributed by atoms with Crippen LogP contribution in [0.2, 0.25) is 0 Å². The van der Waals surface area contributed by atoms with E-state index in [0.29, 0.717) is 5.92 Å². The number of anilines is 1. The van der Waals surface area contributed by atoms with Gasteiger partial charge in [-0.2, -0.15) is 0 Å². The Balaban J connectivity index is 3.10. The molecule has 112 valence electrons. The van der Waals surface area contributed by atoms with Crippen LogP contribution in [0.25, 0.3) is 0 Å². The minimum atomic E-state index is 0.0823. The van der Waals surface area contributed by atoms with Gasteiger partial charge in [0.15, 0.2) is 0 Å². The standard InChI is InChI=1S/C16H27N3O/c1-6-9-17-15-11-13(10-14(18-15)12(4)5)16(20)19(7-2)8-3/h10-12H,6-9H2,1-5H3,(H,17,18). The summed E-state index contributed by atoms with van der Waals surface area (Å²) < 4.78 is 0. The molecule has 0 saturated carbocycles. The van der Waals surface area contributed by atoms with Gasteiger partial charge in [-0.05, 0) is 38.3 Å². The quantitative estimate of drug-likeness (QED) is 0.829. The lowest BCUT2D eigenvalue weighted by atomic mass is 10.1. The number of hydrogen-bond acceptors (Lipinski definition) is 3. The fourth-order valence-corrected chi connectivity index (χ4v) is 2.01. The molecule has 0 atom stereocenters. The van der Waals surface area contributed by atoms with E-state index in [1.165, 1.54) is 0 Å². The van der Waals surface area contributed by atoms with Gasteiger partial charge in [0.05, 0.1) is 0 Å². The molecule has 4 heteroatoms. The Hall–Kier alpha value is -1.58. The average Bonchev–Trinajstić information content (AvgIpc) is 2.45. The summed E-state index contributed by atoms with van der Waals surface area (Å²) in [5, 5.41) is 3.28. The first-order valence-corrected chi connectivity index (χ1v) is 7.58. The van der Waals surface area contributed by atoms with Crippen molar-refractivity contribution in [3.63, 3.8) is 0 Å². The van der Waals surface area contributed by atoms with Gasteiger partial charge in [0.2, 0.25) is 0 Å². The Morgan fingerprint density at radius 3 is 2.40 bits per heavy atom. The van der Waals surface area contributed by atoms with Gasteiger partial charge in [-0.3, -0.25) is 4.79 Å². The highest BCUT2D eigenvalue weighted by molar-refractivity contribution is 5.95. The summed E-state index contributed by atoms with van der Waals surface area (Å²) >= 11 is 0. The van der Waals surface area contributed by atoms with Crippen LogP contribution in [0.3, 0.4) is 0 Å². The van der Waals surface area contributed by atoms with Crippen LogP contribution in [-0.2, 0) is 0 Å². The first kappa shape index (κ1) is 16.5. The highest BCUT2D eigenvalue weighted by Gasteiger charge is 2.15. The van der Waals surface area contributed by atoms with Crippen molar-refractivity contribution in [1.29, 1.82) is 0 Å². The Kier molecular flexibility index (Phi) is 6.49. The number of rotatable bonds is 7. The van der Waals surface area contributed by atoms with E-state index in [2.05, 4.69) is 31.1 Å². The van der Waals surface area contributed by atoms with Crippen LogP contribution in [0, 0.1) is 0 Å². The largest absolute Gasteiger partial charge is 0.370 e. The van der Waals surface area contributed by atoms with Gasteiger partial charge in [0, 0.05) is 30.9 Å². The highest BCUT2D eigenvalue weighted by Crippen LogP contribution is 2.19. The van der Waals surface area contributed by atoms with Crippen molar-refractivity contribution in [1.82, 2.24) is 9.88 Å². The number of carbonyl (C=O) groups is 1. The van der Waals surface area contributed by atoms with Crippen molar-refractivity contribution in [2.75, 3.05) is 25.0 Å². The molecule has 0 aliphatic rings. The van der Waals surface area contributed by atoms with E-state index in [1.807, 2.05) is 30.9 Å². The summed E-state index contributed by atoms with van der Waals surface area (Å²) in [6.07, 6.45) is 1.03. The van der Waals surface area contributed by atoms with E-state index in [-0.39, 0.29) is 5.91 Å². The molecule has 0 unspecified atom stereocenters. The van der Waals surface area contributed by atoms with E-state index < -0.39 is 0 Å². The fourth-order valence-electron chi connectivity index (χ4n) is 2.01. The highest BCUT2D eigenvalue weighted by atomic mass is 16.2. The minimum Gasteiger partial charge on any atom is -0.370 e. The first-order valence-electron chi connectivity index (χ1n) is 7.58. The van der Waals surface area contributed by atoms with Crippen molar-refractivity contribution in [3.8, 4) is 0 Å². The number of pyridine rings is 1. The zero-order chi connectivity index (χ0) is 15.1. The van der Waals surface area contributed by atoms with Gasteiger partial charge in [-0.1, -0.05) is 20.8 Å². The Morgan fingerprint density at radius 2 is 1.90 bits per heavy atom. The molecular formula is C16H27N3O.